The summed E-state index contributed by atoms with van der Waals surface area (Å²) in [6, 6.07) is 5.15. The van der Waals surface area contributed by atoms with E-state index < -0.39 is 16.0 Å². The number of thiophene rings is 1. The quantitative estimate of drug-likeness (QED) is 0.839. The van der Waals surface area contributed by atoms with E-state index in [0.717, 1.165) is 11.3 Å². The minimum Gasteiger partial charge on any atom is -0.477 e. The number of hydrogen-bond acceptors (Lipinski definition) is 7. The first kappa shape index (κ1) is 18.3. The number of aromatic nitrogens is 1. The molecule has 1 fully saturated rings. The van der Waals surface area contributed by atoms with Gasteiger partial charge in [0.1, 0.15) is 15.2 Å². The van der Waals surface area contributed by atoms with Crippen molar-refractivity contribution in [2.24, 2.45) is 0 Å². The van der Waals surface area contributed by atoms with E-state index in [-0.39, 0.29) is 22.2 Å². The number of nitrogens with zero attached hydrogens (tertiary/aromatic N) is 4. The maximum absolute atomic E-state index is 12.8. The molecule has 0 saturated carbocycles. The third kappa shape index (κ3) is 3.29. The van der Waals surface area contributed by atoms with Gasteiger partial charge in [-0.2, -0.15) is 9.57 Å². The number of sulfonamides is 1. The number of piperazine rings is 1. The van der Waals surface area contributed by atoms with E-state index >= 15 is 0 Å². The number of nitriles is 1. The SMILES string of the molecule is Cc1cc(S(=O)(=O)N2CCN(c3cnccc3C#N)CC2)sc1C(=O)O. The van der Waals surface area contributed by atoms with Crippen LogP contribution in [0.2, 0.25) is 0 Å². The molecule has 0 atom stereocenters. The molecule has 2 aromatic rings. The number of rotatable bonds is 4. The summed E-state index contributed by atoms with van der Waals surface area (Å²) in [5.41, 5.74) is 1.62. The Hall–Kier alpha value is -2.48. The van der Waals surface area contributed by atoms with Crippen LogP contribution in [0, 0.1) is 18.3 Å². The molecular formula is C16H16N4O4S2. The third-order valence-electron chi connectivity index (χ3n) is 4.18. The molecule has 1 N–H and O–H groups in total. The van der Waals surface area contributed by atoms with Crippen LogP contribution in [0.25, 0.3) is 0 Å². The van der Waals surface area contributed by atoms with Gasteiger partial charge in [-0.15, -0.1) is 11.3 Å². The molecule has 8 nitrogen and oxygen atoms in total. The smallest absolute Gasteiger partial charge is 0.346 e. The molecule has 10 heteroatoms. The molecule has 0 unspecified atom stereocenters. The van der Waals surface area contributed by atoms with Gasteiger partial charge in [0.15, 0.2) is 0 Å². The lowest BCUT2D eigenvalue weighted by Gasteiger charge is -2.35. The number of aromatic carboxylic acids is 1. The first-order valence-electron chi connectivity index (χ1n) is 7.77. The van der Waals surface area contributed by atoms with Crippen molar-refractivity contribution in [3.8, 4) is 6.07 Å². The van der Waals surface area contributed by atoms with Gasteiger partial charge in [0, 0.05) is 32.4 Å². The number of carboxylic acid groups (broad SMARTS) is 1. The van der Waals surface area contributed by atoms with Gasteiger partial charge in [0.05, 0.1) is 17.4 Å². The number of carboxylic acids is 1. The van der Waals surface area contributed by atoms with Crippen LogP contribution in [0.15, 0.2) is 28.7 Å². The molecule has 1 aliphatic heterocycles. The Labute approximate surface area is 155 Å². The van der Waals surface area contributed by atoms with E-state index in [1.807, 2.05) is 4.90 Å². The van der Waals surface area contributed by atoms with Crippen molar-refractivity contribution in [2.75, 3.05) is 31.1 Å². The maximum Gasteiger partial charge on any atom is 0.346 e. The van der Waals surface area contributed by atoms with E-state index in [1.54, 1.807) is 25.4 Å². The van der Waals surface area contributed by atoms with E-state index in [2.05, 4.69) is 11.1 Å². The Kier molecular flexibility index (Phi) is 4.95. The van der Waals surface area contributed by atoms with Crippen LogP contribution < -0.4 is 4.90 Å². The minimum atomic E-state index is -3.74. The monoisotopic (exact) mass is 392 g/mol. The predicted molar refractivity (Wildman–Crippen MR) is 95.9 cm³/mol. The van der Waals surface area contributed by atoms with Crippen LogP contribution >= 0.6 is 11.3 Å². The maximum atomic E-state index is 12.8. The molecule has 1 saturated heterocycles. The standard InChI is InChI=1S/C16H16N4O4S2/c1-11-8-14(25-15(11)16(21)22)26(23,24)20-6-4-19(5-7-20)13-10-18-3-2-12(13)9-17/h2-3,8,10H,4-7H2,1H3,(H,21,22). The molecule has 1 aliphatic rings. The van der Waals surface area contributed by atoms with Crippen molar-refractivity contribution >= 4 is 33.0 Å². The highest BCUT2D eigenvalue weighted by atomic mass is 32.2. The molecule has 0 radical (unpaired) electrons. The van der Waals surface area contributed by atoms with E-state index in [1.165, 1.54) is 10.4 Å². The summed E-state index contributed by atoms with van der Waals surface area (Å²) in [5.74, 6) is -1.13. The van der Waals surface area contributed by atoms with Gasteiger partial charge in [-0.1, -0.05) is 0 Å². The van der Waals surface area contributed by atoms with Crippen LogP contribution in [0.5, 0.6) is 0 Å². The van der Waals surface area contributed by atoms with Gasteiger partial charge in [-0.25, -0.2) is 13.2 Å². The Morgan fingerprint density at radius 3 is 2.62 bits per heavy atom. The van der Waals surface area contributed by atoms with Crippen molar-refractivity contribution in [2.45, 2.75) is 11.1 Å². The van der Waals surface area contributed by atoms with Crippen molar-refractivity contribution in [3.05, 3.63) is 40.5 Å². The van der Waals surface area contributed by atoms with Crippen molar-refractivity contribution in [3.63, 3.8) is 0 Å². The average molecular weight is 392 g/mol. The molecule has 26 heavy (non-hydrogen) atoms. The summed E-state index contributed by atoms with van der Waals surface area (Å²) < 4.78 is 27.0. The molecule has 0 aliphatic carbocycles. The Bertz CT molecular complexity index is 986. The van der Waals surface area contributed by atoms with Crippen molar-refractivity contribution in [1.82, 2.24) is 9.29 Å². The fraction of sp³-hybridized carbons (Fsp3) is 0.312. The number of hydrogen-bond donors (Lipinski definition) is 1. The molecule has 0 amide bonds. The normalized spacial score (nSPS) is 15.6. The Morgan fingerprint density at radius 1 is 1.35 bits per heavy atom. The lowest BCUT2D eigenvalue weighted by Crippen LogP contribution is -2.48. The molecule has 2 aromatic heterocycles. The molecular weight excluding hydrogens is 376 g/mol. The zero-order valence-electron chi connectivity index (χ0n) is 13.9. The van der Waals surface area contributed by atoms with Gasteiger partial charge >= 0.3 is 5.97 Å². The summed E-state index contributed by atoms with van der Waals surface area (Å²) in [4.78, 5) is 17.2. The summed E-state index contributed by atoms with van der Waals surface area (Å²) in [7, 11) is -3.74. The second-order valence-electron chi connectivity index (χ2n) is 5.78. The van der Waals surface area contributed by atoms with Crippen LogP contribution in [0.4, 0.5) is 5.69 Å². The second-order valence-corrected chi connectivity index (χ2v) is 9.00. The largest absolute Gasteiger partial charge is 0.477 e. The highest BCUT2D eigenvalue weighted by Gasteiger charge is 2.31. The fourth-order valence-electron chi connectivity index (χ4n) is 2.82. The van der Waals surface area contributed by atoms with Gasteiger partial charge in [-0.3, -0.25) is 4.98 Å². The van der Waals surface area contributed by atoms with Crippen LogP contribution in [-0.4, -0.2) is 55.0 Å². The van der Waals surface area contributed by atoms with Gasteiger partial charge in [0.25, 0.3) is 10.0 Å². The minimum absolute atomic E-state index is 0.0382. The molecule has 0 bridgehead atoms. The Morgan fingerprint density at radius 2 is 2.04 bits per heavy atom. The molecule has 3 rings (SSSR count). The van der Waals surface area contributed by atoms with E-state index in [4.69, 9.17) is 5.11 Å². The lowest BCUT2D eigenvalue weighted by molar-refractivity contribution is 0.0701. The van der Waals surface area contributed by atoms with Gasteiger partial charge in [0.2, 0.25) is 0 Å². The molecule has 0 spiro atoms. The van der Waals surface area contributed by atoms with Crippen molar-refractivity contribution < 1.29 is 18.3 Å². The fourth-order valence-corrected chi connectivity index (χ4v) is 5.78. The summed E-state index contributed by atoms with van der Waals surface area (Å²) in [6.07, 6.45) is 3.15. The first-order chi connectivity index (χ1) is 12.3. The van der Waals surface area contributed by atoms with Gasteiger partial charge in [-0.05, 0) is 24.6 Å². The Balaban J connectivity index is 1.78. The summed E-state index contributed by atoms with van der Waals surface area (Å²) >= 11 is 0.776. The summed E-state index contributed by atoms with van der Waals surface area (Å²) in [5, 5.41) is 18.3. The van der Waals surface area contributed by atoms with Crippen molar-refractivity contribution in [1.29, 1.82) is 5.26 Å². The highest BCUT2D eigenvalue weighted by molar-refractivity contribution is 7.91. The van der Waals surface area contributed by atoms with Gasteiger partial charge < -0.3 is 10.0 Å². The summed E-state index contributed by atoms with van der Waals surface area (Å²) in [6.45, 7) is 2.94. The third-order valence-corrected chi connectivity index (χ3v) is 7.76. The van der Waals surface area contributed by atoms with E-state index in [9.17, 15) is 18.5 Å². The van der Waals surface area contributed by atoms with Crippen LogP contribution in [-0.2, 0) is 10.0 Å². The molecule has 136 valence electrons. The van der Waals surface area contributed by atoms with Crippen LogP contribution in [0.3, 0.4) is 0 Å². The van der Waals surface area contributed by atoms with E-state index in [0.29, 0.717) is 29.9 Å². The number of pyridine rings is 1. The number of anilines is 1. The predicted octanol–water partition coefficient (Wildman–Crippen LogP) is 1.53. The van der Waals surface area contributed by atoms with Crippen LogP contribution in [0.1, 0.15) is 20.8 Å². The average Bonchev–Trinajstić information content (AvgIpc) is 3.04. The highest BCUT2D eigenvalue weighted by Crippen LogP contribution is 2.30. The lowest BCUT2D eigenvalue weighted by atomic mass is 10.2. The first-order valence-corrected chi connectivity index (χ1v) is 10.0. The zero-order chi connectivity index (χ0) is 18.9. The molecule has 3 heterocycles. The number of carbonyl (C=O) groups is 1. The second kappa shape index (κ2) is 7.03. The zero-order valence-corrected chi connectivity index (χ0v) is 15.5. The molecule has 0 aromatic carbocycles. The number of aryl methyl sites for hydroxylation is 1. The topological polar surface area (TPSA) is 115 Å².